The standard InChI is InChI=1S/C18H19N5O2S/c24-16-8-6-15(7-9-16)23-18(20-21-22-23)26-13-11-17(25)19-12-10-14-4-2-1-3-5-14/h1-9,24H,10-13H2,(H,19,25). The lowest BCUT2D eigenvalue weighted by molar-refractivity contribution is -0.120. The quantitative estimate of drug-likeness (QED) is 0.592. The summed E-state index contributed by atoms with van der Waals surface area (Å²) in [5.74, 6) is 0.774. The fourth-order valence-electron chi connectivity index (χ4n) is 2.34. The topological polar surface area (TPSA) is 92.9 Å². The number of hydrogen-bond acceptors (Lipinski definition) is 6. The van der Waals surface area contributed by atoms with Crippen LogP contribution in [0.1, 0.15) is 12.0 Å². The van der Waals surface area contributed by atoms with E-state index in [0.717, 1.165) is 12.1 Å². The lowest BCUT2D eigenvalue weighted by Crippen LogP contribution is -2.25. The number of nitrogens with zero attached hydrogens (tertiary/aromatic N) is 4. The van der Waals surface area contributed by atoms with Crippen molar-refractivity contribution < 1.29 is 9.90 Å². The molecule has 3 aromatic rings. The van der Waals surface area contributed by atoms with Gasteiger partial charge in [-0.1, -0.05) is 42.1 Å². The van der Waals surface area contributed by atoms with Gasteiger partial charge in [-0.05, 0) is 46.7 Å². The summed E-state index contributed by atoms with van der Waals surface area (Å²) in [5.41, 5.74) is 1.96. The van der Waals surface area contributed by atoms with E-state index in [9.17, 15) is 9.90 Å². The van der Waals surface area contributed by atoms with Crippen LogP contribution in [-0.2, 0) is 11.2 Å². The van der Waals surface area contributed by atoms with Crippen molar-refractivity contribution in [1.29, 1.82) is 0 Å². The zero-order chi connectivity index (χ0) is 18.2. The number of carbonyl (C=O) groups excluding carboxylic acids is 1. The van der Waals surface area contributed by atoms with Gasteiger partial charge in [0.25, 0.3) is 0 Å². The van der Waals surface area contributed by atoms with Gasteiger partial charge < -0.3 is 10.4 Å². The molecule has 134 valence electrons. The van der Waals surface area contributed by atoms with Crippen molar-refractivity contribution in [3.05, 3.63) is 60.2 Å². The fourth-order valence-corrected chi connectivity index (χ4v) is 3.17. The van der Waals surface area contributed by atoms with Crippen LogP contribution in [0.3, 0.4) is 0 Å². The lowest BCUT2D eigenvalue weighted by atomic mass is 10.1. The molecular weight excluding hydrogens is 350 g/mol. The Bertz CT molecular complexity index is 836. The Morgan fingerprint density at radius 3 is 2.65 bits per heavy atom. The van der Waals surface area contributed by atoms with Crippen molar-refractivity contribution in [3.63, 3.8) is 0 Å². The summed E-state index contributed by atoms with van der Waals surface area (Å²) >= 11 is 1.41. The van der Waals surface area contributed by atoms with Gasteiger partial charge in [-0.3, -0.25) is 4.79 Å². The second kappa shape index (κ2) is 9.00. The second-order valence-electron chi connectivity index (χ2n) is 5.57. The van der Waals surface area contributed by atoms with Gasteiger partial charge in [0.05, 0.1) is 5.69 Å². The van der Waals surface area contributed by atoms with E-state index >= 15 is 0 Å². The van der Waals surface area contributed by atoms with Crippen molar-refractivity contribution in [2.24, 2.45) is 0 Å². The molecular formula is C18H19N5O2S. The molecule has 26 heavy (non-hydrogen) atoms. The normalized spacial score (nSPS) is 10.6. The Balaban J connectivity index is 1.43. The third-order valence-electron chi connectivity index (χ3n) is 3.67. The van der Waals surface area contributed by atoms with Gasteiger partial charge in [-0.25, -0.2) is 0 Å². The predicted octanol–water partition coefficient (Wildman–Crippen LogP) is 2.21. The van der Waals surface area contributed by atoms with E-state index in [4.69, 9.17) is 0 Å². The van der Waals surface area contributed by atoms with Gasteiger partial charge in [0, 0.05) is 18.7 Å². The maximum Gasteiger partial charge on any atom is 0.220 e. The van der Waals surface area contributed by atoms with Crippen molar-refractivity contribution in [1.82, 2.24) is 25.5 Å². The van der Waals surface area contributed by atoms with E-state index in [-0.39, 0.29) is 11.7 Å². The number of tetrazole rings is 1. The largest absolute Gasteiger partial charge is 0.508 e. The van der Waals surface area contributed by atoms with Crippen LogP contribution in [0.2, 0.25) is 0 Å². The number of aromatic nitrogens is 4. The summed E-state index contributed by atoms with van der Waals surface area (Å²) in [4.78, 5) is 11.9. The third-order valence-corrected chi connectivity index (χ3v) is 4.60. The monoisotopic (exact) mass is 369 g/mol. The number of thioether (sulfide) groups is 1. The maximum atomic E-state index is 11.9. The van der Waals surface area contributed by atoms with E-state index in [0.29, 0.717) is 23.9 Å². The molecule has 0 aliphatic heterocycles. The first-order chi connectivity index (χ1) is 12.7. The van der Waals surface area contributed by atoms with E-state index in [1.165, 1.54) is 17.3 Å². The summed E-state index contributed by atoms with van der Waals surface area (Å²) in [5, 5.41) is 24.5. The number of aromatic hydroxyl groups is 1. The molecule has 0 atom stereocenters. The van der Waals surface area contributed by atoms with E-state index in [1.807, 2.05) is 30.3 Å². The molecule has 8 heteroatoms. The molecule has 0 aliphatic carbocycles. The minimum Gasteiger partial charge on any atom is -0.508 e. The number of phenolic OH excluding ortho intramolecular Hbond substituents is 1. The van der Waals surface area contributed by atoms with Crippen LogP contribution in [0.15, 0.2) is 59.8 Å². The minimum absolute atomic E-state index is 0.0112. The Kier molecular flexibility index (Phi) is 6.21. The average Bonchev–Trinajstić information content (AvgIpc) is 3.12. The molecule has 2 N–H and O–H groups in total. The molecule has 0 unspecified atom stereocenters. The Morgan fingerprint density at radius 1 is 1.12 bits per heavy atom. The van der Waals surface area contributed by atoms with Gasteiger partial charge >= 0.3 is 0 Å². The van der Waals surface area contributed by atoms with Gasteiger partial charge in [0.15, 0.2) is 0 Å². The number of rotatable bonds is 8. The van der Waals surface area contributed by atoms with Gasteiger partial charge in [-0.2, -0.15) is 4.68 Å². The smallest absolute Gasteiger partial charge is 0.220 e. The van der Waals surface area contributed by atoms with Gasteiger partial charge in [0.2, 0.25) is 11.1 Å². The summed E-state index contributed by atoms with van der Waals surface area (Å²) < 4.78 is 1.58. The summed E-state index contributed by atoms with van der Waals surface area (Å²) in [7, 11) is 0. The van der Waals surface area contributed by atoms with Crippen molar-refractivity contribution in [3.8, 4) is 11.4 Å². The number of phenols is 1. The molecule has 1 amide bonds. The minimum atomic E-state index is 0.0112. The molecule has 3 rings (SSSR count). The second-order valence-corrected chi connectivity index (χ2v) is 6.64. The number of nitrogens with one attached hydrogen (secondary N) is 1. The predicted molar refractivity (Wildman–Crippen MR) is 99.3 cm³/mol. The molecule has 1 aromatic heterocycles. The highest BCUT2D eigenvalue weighted by Crippen LogP contribution is 2.20. The van der Waals surface area contributed by atoms with E-state index < -0.39 is 0 Å². The van der Waals surface area contributed by atoms with Crippen LogP contribution >= 0.6 is 11.8 Å². The molecule has 2 aromatic carbocycles. The molecule has 1 heterocycles. The molecule has 0 spiro atoms. The van der Waals surface area contributed by atoms with Crippen LogP contribution < -0.4 is 5.32 Å². The molecule has 0 bridgehead atoms. The Labute approximate surface area is 155 Å². The summed E-state index contributed by atoms with van der Waals surface area (Å²) in [6, 6.07) is 16.7. The van der Waals surface area contributed by atoms with E-state index in [1.54, 1.807) is 28.9 Å². The molecule has 7 nitrogen and oxygen atoms in total. The zero-order valence-electron chi connectivity index (χ0n) is 14.1. The van der Waals surface area contributed by atoms with Crippen LogP contribution in [0.4, 0.5) is 0 Å². The van der Waals surface area contributed by atoms with Crippen LogP contribution in [-0.4, -0.2) is 43.5 Å². The fraction of sp³-hybridized carbons (Fsp3) is 0.222. The highest BCUT2D eigenvalue weighted by molar-refractivity contribution is 7.99. The lowest BCUT2D eigenvalue weighted by Gasteiger charge is -2.06. The molecule has 0 fully saturated rings. The summed E-state index contributed by atoms with van der Waals surface area (Å²) in [6.07, 6.45) is 1.21. The molecule has 0 saturated carbocycles. The average molecular weight is 369 g/mol. The first-order valence-corrected chi connectivity index (χ1v) is 9.22. The number of carbonyl (C=O) groups is 1. The van der Waals surface area contributed by atoms with Gasteiger partial charge in [-0.15, -0.1) is 5.10 Å². The van der Waals surface area contributed by atoms with Crippen LogP contribution in [0.25, 0.3) is 5.69 Å². The van der Waals surface area contributed by atoms with E-state index in [2.05, 4.69) is 20.8 Å². The molecule has 0 saturated heterocycles. The highest BCUT2D eigenvalue weighted by atomic mass is 32.2. The van der Waals surface area contributed by atoms with Crippen LogP contribution in [0.5, 0.6) is 5.75 Å². The number of amides is 1. The molecule has 0 aliphatic rings. The van der Waals surface area contributed by atoms with Crippen molar-refractivity contribution >= 4 is 17.7 Å². The number of hydrogen-bond donors (Lipinski definition) is 2. The maximum absolute atomic E-state index is 11.9. The van der Waals surface area contributed by atoms with Crippen molar-refractivity contribution in [2.45, 2.75) is 18.0 Å². The Morgan fingerprint density at radius 2 is 1.88 bits per heavy atom. The molecule has 0 radical (unpaired) electrons. The van der Waals surface area contributed by atoms with Crippen LogP contribution in [0, 0.1) is 0 Å². The number of benzene rings is 2. The third kappa shape index (κ3) is 5.06. The first-order valence-electron chi connectivity index (χ1n) is 8.23. The first kappa shape index (κ1) is 17.9. The zero-order valence-corrected chi connectivity index (χ0v) is 14.9. The Hall–Kier alpha value is -2.87. The highest BCUT2D eigenvalue weighted by Gasteiger charge is 2.10. The van der Waals surface area contributed by atoms with Gasteiger partial charge in [0.1, 0.15) is 5.75 Å². The summed E-state index contributed by atoms with van der Waals surface area (Å²) in [6.45, 7) is 0.624. The SMILES string of the molecule is O=C(CCSc1nnnn1-c1ccc(O)cc1)NCCc1ccccc1. The van der Waals surface area contributed by atoms with Crippen molar-refractivity contribution in [2.75, 3.05) is 12.3 Å².